The Morgan fingerprint density at radius 3 is 2.22 bits per heavy atom. The molecule has 0 bridgehead atoms. The quantitative estimate of drug-likeness (QED) is 0.123. The number of halogens is 2. The molecule has 1 heterocycles. The summed E-state index contributed by atoms with van der Waals surface area (Å²) in [6.45, 7) is -0.0757. The Kier molecular flexibility index (Phi) is 14.4. The normalized spacial score (nSPS) is 11.4. The molecule has 0 spiro atoms. The summed E-state index contributed by atoms with van der Waals surface area (Å²) in [4.78, 5) is 32.1. The number of carboxylic acid groups (broad SMARTS) is 1. The number of nitrogens with two attached hydrogens (primary N) is 1. The number of benzene rings is 3. The predicted molar refractivity (Wildman–Crippen MR) is 155 cm³/mol. The van der Waals surface area contributed by atoms with E-state index in [2.05, 4.69) is 14.9 Å². The monoisotopic (exact) mass is 817 g/mol. The van der Waals surface area contributed by atoms with Crippen molar-refractivity contribution in [3.8, 4) is 34.3 Å². The zero-order chi connectivity index (χ0) is 33.6. The molecule has 0 saturated carbocycles. The molecule has 12 nitrogen and oxygen atoms in total. The fourth-order valence-electron chi connectivity index (χ4n) is 3.46. The number of phenols is 2. The number of rotatable bonds is 9. The van der Waals surface area contributed by atoms with Gasteiger partial charge in [-0.2, -0.15) is 13.9 Å². The van der Waals surface area contributed by atoms with Gasteiger partial charge in [-0.05, 0) is 48.9 Å². The van der Waals surface area contributed by atoms with Crippen LogP contribution in [0.5, 0.6) is 23.0 Å². The summed E-state index contributed by atoms with van der Waals surface area (Å²) in [5, 5.41) is 33.2. The largest absolute Gasteiger partial charge is 0.504 e. The number of alkyl halides is 2. The molecular weight excluding hydrogens is 785 g/mol. The number of aromatic amines is 1. The van der Waals surface area contributed by atoms with Gasteiger partial charge in [-0.1, -0.05) is 6.07 Å². The Labute approximate surface area is 269 Å². The molecule has 3 aromatic carbocycles. The Hall–Kier alpha value is -4.56. The number of carbonyl (C=O) groups excluding carboxylic acids is 1. The molecule has 0 amide bonds. The molecule has 0 aliphatic rings. The van der Waals surface area contributed by atoms with E-state index in [4.69, 9.17) is 23.3 Å². The number of nitrogens with zero attached hydrogens (tertiary/aromatic N) is 1. The second-order valence-electron chi connectivity index (χ2n) is 9.54. The van der Waals surface area contributed by atoms with Crippen molar-refractivity contribution in [1.82, 2.24) is 10.2 Å². The Morgan fingerprint density at radius 2 is 1.69 bits per heavy atom. The van der Waals surface area contributed by atoms with Gasteiger partial charge in [-0.15, -0.1) is 0 Å². The second kappa shape index (κ2) is 17.7. The zero-order valence-electron chi connectivity index (χ0n) is 24.6. The van der Waals surface area contributed by atoms with Crippen LogP contribution >= 0.6 is 0 Å². The summed E-state index contributed by atoms with van der Waals surface area (Å²) in [6, 6.07) is 21.3. The predicted octanol–water partition coefficient (Wildman–Crippen LogP) is 3.36. The van der Waals surface area contributed by atoms with Gasteiger partial charge in [0.05, 0.1) is 12.8 Å². The number of carbonyl (C=O) groups is 2. The van der Waals surface area contributed by atoms with E-state index in [0.717, 1.165) is 0 Å². The van der Waals surface area contributed by atoms with Gasteiger partial charge >= 0.3 is 91.3 Å². The van der Waals surface area contributed by atoms with Crippen LogP contribution in [0.1, 0.15) is 19.4 Å². The van der Waals surface area contributed by atoms with Gasteiger partial charge in [0.15, 0.2) is 23.0 Å². The van der Waals surface area contributed by atoms with Crippen LogP contribution in [0.2, 0.25) is 0 Å². The van der Waals surface area contributed by atoms with E-state index >= 15 is 0 Å². The van der Waals surface area contributed by atoms with Crippen molar-refractivity contribution in [2.45, 2.75) is 32.4 Å². The van der Waals surface area contributed by atoms with Gasteiger partial charge in [-0.3, -0.25) is 9.59 Å². The number of aromatic nitrogens is 2. The number of aromatic hydroxyl groups is 2. The van der Waals surface area contributed by atoms with Crippen LogP contribution in [-0.2, 0) is 43.7 Å². The van der Waals surface area contributed by atoms with Crippen LogP contribution in [0.25, 0.3) is 11.3 Å². The number of nitrogens with one attached hydrogen (secondary N) is 1. The van der Waals surface area contributed by atoms with Crippen LogP contribution in [0.3, 0.4) is 0 Å². The topological polar surface area (TPSA) is 194 Å². The van der Waals surface area contributed by atoms with E-state index in [1.54, 1.807) is 6.07 Å². The smallest absolute Gasteiger partial charge is 0.387 e. The van der Waals surface area contributed by atoms with Crippen molar-refractivity contribution in [3.05, 3.63) is 94.8 Å². The minimum atomic E-state index is -2.93. The third-order valence-electron chi connectivity index (χ3n) is 5.74. The Bertz CT molecular complexity index is 1600. The summed E-state index contributed by atoms with van der Waals surface area (Å²) in [7, 11) is 1.34. The molecule has 45 heavy (non-hydrogen) atoms. The average molecular weight is 816 g/mol. The molecule has 0 radical (unpaired) electrons. The van der Waals surface area contributed by atoms with Gasteiger partial charge in [0.1, 0.15) is 5.54 Å². The molecule has 1 atom stereocenters. The number of hydrogen-bond donors (Lipinski definition) is 5. The van der Waals surface area contributed by atoms with Crippen molar-refractivity contribution >= 4 is 15.0 Å². The molecule has 4 rings (SSSR count). The van der Waals surface area contributed by atoms with E-state index < -0.39 is 43.2 Å². The van der Waals surface area contributed by atoms with E-state index in [1.165, 1.54) is 66.5 Å². The van der Waals surface area contributed by atoms with E-state index in [1.807, 2.05) is 30.3 Å². The van der Waals surface area contributed by atoms with Gasteiger partial charge in [0, 0.05) is 18.1 Å². The Morgan fingerprint density at radius 1 is 1.00 bits per heavy atom. The third kappa shape index (κ3) is 12.9. The second-order valence-corrected chi connectivity index (χ2v) is 15.0. The number of methoxy groups -OCH3 is 1. The van der Waals surface area contributed by atoms with Crippen molar-refractivity contribution in [2.75, 3.05) is 7.11 Å². The van der Waals surface area contributed by atoms with Crippen molar-refractivity contribution < 1.29 is 70.8 Å². The van der Waals surface area contributed by atoms with Crippen LogP contribution in [0.4, 0.5) is 8.78 Å². The molecular formula is C30H31F2HgN3O9. The summed E-state index contributed by atoms with van der Waals surface area (Å²) in [6.07, 6.45) is 0.0795. The average Bonchev–Trinajstić information content (AvgIpc) is 2.99. The molecule has 236 valence electrons. The van der Waals surface area contributed by atoms with Crippen LogP contribution < -0.4 is 23.8 Å². The van der Waals surface area contributed by atoms with Crippen LogP contribution in [0.15, 0.2) is 83.7 Å². The fourth-order valence-corrected chi connectivity index (χ4v) is 6.71. The molecule has 6 N–H and O–H groups in total. The molecule has 15 heteroatoms. The Balaban J connectivity index is 0.000000244. The molecule has 0 aliphatic heterocycles. The third-order valence-corrected chi connectivity index (χ3v) is 11.0. The number of hydrogen-bond acceptors (Lipinski definition) is 10. The first-order chi connectivity index (χ1) is 21.2. The van der Waals surface area contributed by atoms with Crippen molar-refractivity contribution in [1.29, 1.82) is 0 Å². The maximum Gasteiger partial charge on any atom is 0.387 e. The van der Waals surface area contributed by atoms with Gasteiger partial charge in [0.25, 0.3) is 5.56 Å². The van der Waals surface area contributed by atoms with E-state index in [-0.39, 0.29) is 40.9 Å². The molecule has 4 aromatic rings. The van der Waals surface area contributed by atoms with Crippen molar-refractivity contribution in [2.24, 2.45) is 5.73 Å². The van der Waals surface area contributed by atoms with Gasteiger partial charge in [-0.25, -0.2) is 5.10 Å². The molecule has 0 unspecified atom stereocenters. The number of aliphatic carboxylic acids is 1. The summed E-state index contributed by atoms with van der Waals surface area (Å²) < 4.78 is 39.9. The summed E-state index contributed by atoms with van der Waals surface area (Å²) in [5.74, 6) is -1.69. The minimum Gasteiger partial charge on any atom is -0.504 e. The first kappa shape index (κ1) is 36.6. The van der Waals surface area contributed by atoms with Gasteiger partial charge in [0.2, 0.25) is 0 Å². The van der Waals surface area contributed by atoms with Crippen molar-refractivity contribution in [3.63, 3.8) is 0 Å². The first-order valence-electron chi connectivity index (χ1n) is 13.1. The van der Waals surface area contributed by atoms with Crippen LogP contribution in [-0.4, -0.2) is 56.7 Å². The van der Waals surface area contributed by atoms with E-state index in [9.17, 15) is 28.3 Å². The summed E-state index contributed by atoms with van der Waals surface area (Å²) >= 11 is -1.52. The number of H-pyrrole nitrogens is 1. The molecule has 0 fully saturated rings. The summed E-state index contributed by atoms with van der Waals surface area (Å²) in [5.41, 5.74) is 5.47. The number of ether oxygens (including phenoxy) is 2. The maximum absolute atomic E-state index is 12.2. The van der Waals surface area contributed by atoms with Gasteiger partial charge < -0.3 is 30.5 Å². The van der Waals surface area contributed by atoms with E-state index in [0.29, 0.717) is 16.8 Å². The SMILES string of the molecule is CC(=O)[O][Hg][c]1ccccc1.COc1cc(-c2ccc(=O)[nH]n2)ccc1OC(F)F.C[C@](N)(Cc1ccc(O)c(O)c1)C(=O)O. The maximum atomic E-state index is 12.2. The fraction of sp³-hybridized carbons (Fsp3) is 0.200. The molecule has 0 saturated heterocycles. The molecule has 1 aromatic heterocycles. The number of carboxylic acids is 1. The number of phenolic OH excluding ortho intramolecular Hbond substituents is 2. The zero-order valence-corrected chi connectivity index (χ0v) is 30.1. The van der Waals surface area contributed by atoms with Crippen LogP contribution in [0, 0.1) is 0 Å². The molecule has 0 aliphatic carbocycles. The first-order valence-corrected chi connectivity index (χ1v) is 18.1. The standard InChI is InChI=1S/C12H10F2N2O3.C10H13NO4.C6H5.C2H4O2.Hg/c1-18-10-6-7(2-4-9(10)19-12(13)14)8-3-5-11(17)16-15-8;1-10(11,9(14)15)5-6-2-3-7(12)8(13)4-6;1-2-4-6-5-3-1;1-2(3)4;/h2-6,12H,1H3,(H,16,17);2-4,12-13H,5,11H2,1H3,(H,14,15);1-5H;1H3,(H,3,4);/q;;;;+1/p-1/t;10-;;;/m.0.../s1. The minimum absolute atomic E-state index is 0.0642.